The zero-order valence-corrected chi connectivity index (χ0v) is 6.84. The van der Waals surface area contributed by atoms with Crippen LogP contribution in [0.3, 0.4) is 0 Å². The number of nitrogens with zero attached hydrogens (tertiary/aromatic N) is 2. The Kier molecular flexibility index (Phi) is 3.12. The number of ether oxygens (including phenoxy) is 1. The van der Waals surface area contributed by atoms with E-state index in [0.717, 1.165) is 19.8 Å². The molecule has 1 aliphatic rings. The maximum absolute atomic E-state index is 5.02. The molecule has 0 aromatic rings. The Morgan fingerprint density at radius 3 is 2.30 bits per heavy atom. The van der Waals surface area contributed by atoms with E-state index < -0.39 is 0 Å². The molecule has 10 heavy (non-hydrogen) atoms. The molecule has 0 atom stereocenters. The van der Waals surface area contributed by atoms with Crippen molar-refractivity contribution in [3.05, 3.63) is 0 Å². The SMILES string of the molecule is COCN1CCN(C)CC1. The molecule has 1 aliphatic heterocycles. The van der Waals surface area contributed by atoms with E-state index in [0.29, 0.717) is 0 Å². The Labute approximate surface area is 62.6 Å². The molecule has 1 heterocycles. The van der Waals surface area contributed by atoms with Crippen LogP contribution in [0, 0.1) is 0 Å². The second kappa shape index (κ2) is 3.91. The summed E-state index contributed by atoms with van der Waals surface area (Å²) in [6.07, 6.45) is 0. The minimum absolute atomic E-state index is 0.786. The molecule has 0 aliphatic carbocycles. The molecule has 3 heteroatoms. The van der Waals surface area contributed by atoms with Crippen LogP contribution >= 0.6 is 0 Å². The summed E-state index contributed by atoms with van der Waals surface area (Å²) in [5.41, 5.74) is 0. The zero-order valence-electron chi connectivity index (χ0n) is 6.84. The van der Waals surface area contributed by atoms with E-state index in [1.54, 1.807) is 7.11 Å². The van der Waals surface area contributed by atoms with Gasteiger partial charge in [-0.3, -0.25) is 4.90 Å². The summed E-state index contributed by atoms with van der Waals surface area (Å²) in [7, 11) is 3.91. The van der Waals surface area contributed by atoms with Crippen LogP contribution in [-0.4, -0.2) is 56.9 Å². The minimum atomic E-state index is 0.786. The third-order valence-corrected chi connectivity index (χ3v) is 1.91. The fourth-order valence-corrected chi connectivity index (χ4v) is 1.16. The fraction of sp³-hybridized carbons (Fsp3) is 1.00. The summed E-state index contributed by atoms with van der Waals surface area (Å²) >= 11 is 0. The van der Waals surface area contributed by atoms with E-state index in [2.05, 4.69) is 16.8 Å². The first kappa shape index (κ1) is 7.98. The van der Waals surface area contributed by atoms with Crippen molar-refractivity contribution < 1.29 is 4.74 Å². The van der Waals surface area contributed by atoms with Crippen molar-refractivity contribution in [3.8, 4) is 0 Å². The zero-order chi connectivity index (χ0) is 7.40. The van der Waals surface area contributed by atoms with Gasteiger partial charge in [0.2, 0.25) is 0 Å². The highest BCUT2D eigenvalue weighted by molar-refractivity contribution is 4.66. The fourth-order valence-electron chi connectivity index (χ4n) is 1.16. The molecule has 0 bridgehead atoms. The number of hydrogen-bond acceptors (Lipinski definition) is 3. The second-order valence-corrected chi connectivity index (χ2v) is 2.84. The first-order valence-corrected chi connectivity index (χ1v) is 3.73. The van der Waals surface area contributed by atoms with Gasteiger partial charge in [0.25, 0.3) is 0 Å². The summed E-state index contributed by atoms with van der Waals surface area (Å²) in [6.45, 7) is 5.41. The van der Waals surface area contributed by atoms with Crippen LogP contribution < -0.4 is 0 Å². The molecule has 0 amide bonds. The Morgan fingerprint density at radius 2 is 1.80 bits per heavy atom. The van der Waals surface area contributed by atoms with Crippen LogP contribution in [0.4, 0.5) is 0 Å². The topological polar surface area (TPSA) is 15.7 Å². The number of likely N-dealkylation sites (N-methyl/N-ethyl adjacent to an activating group) is 1. The lowest BCUT2D eigenvalue weighted by Crippen LogP contribution is -2.44. The Bertz CT molecular complexity index is 89.6. The van der Waals surface area contributed by atoms with Crippen molar-refractivity contribution in [1.29, 1.82) is 0 Å². The largest absolute Gasteiger partial charge is 0.369 e. The average Bonchev–Trinajstić information content (AvgIpc) is 1.95. The molecule has 1 fully saturated rings. The first-order valence-electron chi connectivity index (χ1n) is 3.73. The standard InChI is InChI=1S/C7H16N2O/c1-8-3-5-9(6-4-8)7-10-2/h3-7H2,1-2H3. The molecule has 0 radical (unpaired) electrons. The van der Waals surface area contributed by atoms with E-state index in [1.807, 2.05) is 0 Å². The quantitative estimate of drug-likeness (QED) is 0.535. The van der Waals surface area contributed by atoms with Crippen molar-refractivity contribution in [2.45, 2.75) is 0 Å². The predicted octanol–water partition coefficient (Wildman–Crippen LogP) is -0.162. The smallest absolute Gasteiger partial charge is 0.0987 e. The maximum atomic E-state index is 5.02. The first-order chi connectivity index (χ1) is 4.83. The monoisotopic (exact) mass is 144 g/mol. The summed E-state index contributed by atoms with van der Waals surface area (Å²) in [5, 5.41) is 0. The van der Waals surface area contributed by atoms with Gasteiger partial charge in [0.15, 0.2) is 0 Å². The molecule has 0 aromatic carbocycles. The van der Waals surface area contributed by atoms with Crippen LogP contribution in [0.25, 0.3) is 0 Å². The van der Waals surface area contributed by atoms with Gasteiger partial charge < -0.3 is 9.64 Å². The molecular weight excluding hydrogens is 128 g/mol. The Hall–Kier alpha value is -0.120. The lowest BCUT2D eigenvalue weighted by atomic mass is 10.3. The molecule has 0 N–H and O–H groups in total. The van der Waals surface area contributed by atoms with Gasteiger partial charge in [-0.1, -0.05) is 0 Å². The summed E-state index contributed by atoms with van der Waals surface area (Å²) in [4.78, 5) is 4.66. The van der Waals surface area contributed by atoms with Gasteiger partial charge in [0, 0.05) is 33.3 Å². The lowest BCUT2D eigenvalue weighted by molar-refractivity contribution is 0.0328. The summed E-state index contributed by atoms with van der Waals surface area (Å²) < 4.78 is 5.02. The molecule has 0 saturated carbocycles. The van der Waals surface area contributed by atoms with Gasteiger partial charge >= 0.3 is 0 Å². The highest BCUT2D eigenvalue weighted by atomic mass is 16.5. The van der Waals surface area contributed by atoms with Crippen molar-refractivity contribution in [1.82, 2.24) is 9.80 Å². The molecule has 1 rings (SSSR count). The van der Waals surface area contributed by atoms with E-state index in [1.165, 1.54) is 13.1 Å². The third kappa shape index (κ3) is 2.25. The molecule has 0 spiro atoms. The van der Waals surface area contributed by atoms with E-state index in [-0.39, 0.29) is 0 Å². The van der Waals surface area contributed by atoms with Crippen LogP contribution in [0.2, 0.25) is 0 Å². The minimum Gasteiger partial charge on any atom is -0.369 e. The average molecular weight is 144 g/mol. The highest BCUT2D eigenvalue weighted by Gasteiger charge is 2.11. The lowest BCUT2D eigenvalue weighted by Gasteiger charge is -2.31. The van der Waals surface area contributed by atoms with Gasteiger partial charge in [-0.25, -0.2) is 0 Å². The van der Waals surface area contributed by atoms with Crippen molar-refractivity contribution in [3.63, 3.8) is 0 Å². The van der Waals surface area contributed by atoms with Crippen LogP contribution in [-0.2, 0) is 4.74 Å². The van der Waals surface area contributed by atoms with Gasteiger partial charge in [-0.05, 0) is 7.05 Å². The second-order valence-electron chi connectivity index (χ2n) is 2.84. The van der Waals surface area contributed by atoms with Gasteiger partial charge in [0.1, 0.15) is 0 Å². The normalized spacial score (nSPS) is 23.4. The molecule has 0 aromatic heterocycles. The van der Waals surface area contributed by atoms with E-state index in [9.17, 15) is 0 Å². The van der Waals surface area contributed by atoms with Crippen molar-refractivity contribution in [2.75, 3.05) is 47.1 Å². The van der Waals surface area contributed by atoms with Gasteiger partial charge in [-0.15, -0.1) is 0 Å². The van der Waals surface area contributed by atoms with E-state index in [4.69, 9.17) is 4.74 Å². The number of hydrogen-bond donors (Lipinski definition) is 0. The Morgan fingerprint density at radius 1 is 1.20 bits per heavy atom. The number of piperazine rings is 1. The molecule has 60 valence electrons. The van der Waals surface area contributed by atoms with Crippen molar-refractivity contribution >= 4 is 0 Å². The number of rotatable bonds is 2. The molecule has 0 unspecified atom stereocenters. The molecule has 1 saturated heterocycles. The van der Waals surface area contributed by atoms with Crippen LogP contribution in [0.1, 0.15) is 0 Å². The van der Waals surface area contributed by atoms with Gasteiger partial charge in [-0.2, -0.15) is 0 Å². The van der Waals surface area contributed by atoms with Crippen LogP contribution in [0.5, 0.6) is 0 Å². The summed E-state index contributed by atoms with van der Waals surface area (Å²) in [6, 6.07) is 0. The predicted molar refractivity (Wildman–Crippen MR) is 40.9 cm³/mol. The van der Waals surface area contributed by atoms with Gasteiger partial charge in [0.05, 0.1) is 6.73 Å². The number of methoxy groups -OCH3 is 1. The third-order valence-electron chi connectivity index (χ3n) is 1.91. The Balaban J connectivity index is 2.13. The molecular formula is C7H16N2O. The maximum Gasteiger partial charge on any atom is 0.0987 e. The summed E-state index contributed by atoms with van der Waals surface area (Å²) in [5.74, 6) is 0. The van der Waals surface area contributed by atoms with Crippen molar-refractivity contribution in [2.24, 2.45) is 0 Å². The highest BCUT2D eigenvalue weighted by Crippen LogP contribution is 1.97. The molecule has 3 nitrogen and oxygen atoms in total. The van der Waals surface area contributed by atoms with Crippen LogP contribution in [0.15, 0.2) is 0 Å². The van der Waals surface area contributed by atoms with E-state index >= 15 is 0 Å².